The molecule has 1 amide bonds. The van der Waals surface area contributed by atoms with Gasteiger partial charge in [-0.2, -0.15) is 0 Å². The lowest BCUT2D eigenvalue weighted by Gasteiger charge is -2.47. The van der Waals surface area contributed by atoms with Crippen LogP contribution in [0.1, 0.15) is 18.9 Å². The van der Waals surface area contributed by atoms with Gasteiger partial charge in [0, 0.05) is 20.1 Å². The average molecular weight is 481 g/mol. The third-order valence-corrected chi connectivity index (χ3v) is 6.29. The van der Waals surface area contributed by atoms with E-state index in [1.54, 1.807) is 0 Å². The Hall–Kier alpha value is -0.930. The van der Waals surface area contributed by atoms with Gasteiger partial charge in [-0.1, -0.05) is 65.1 Å². The molecule has 10 heteroatoms. The first-order valence-electron chi connectivity index (χ1n) is 9.36. The zero-order valence-corrected chi connectivity index (χ0v) is 19.0. The van der Waals surface area contributed by atoms with Gasteiger partial charge in [0.05, 0.1) is 12.2 Å². The summed E-state index contributed by atoms with van der Waals surface area (Å²) in [6.45, 7) is 2.11. The number of epoxide rings is 1. The monoisotopic (exact) mass is 479 g/mol. The summed E-state index contributed by atoms with van der Waals surface area (Å²) >= 11 is 17.3. The van der Waals surface area contributed by atoms with Crippen LogP contribution >= 0.6 is 34.8 Å². The fourth-order valence-electron chi connectivity index (χ4n) is 4.22. The molecule has 1 aromatic rings. The van der Waals surface area contributed by atoms with Crippen molar-refractivity contribution in [3.63, 3.8) is 0 Å². The lowest BCUT2D eigenvalue weighted by molar-refractivity contribution is -0.188. The molecule has 30 heavy (non-hydrogen) atoms. The summed E-state index contributed by atoms with van der Waals surface area (Å²) < 4.78 is 20.7. The van der Waals surface area contributed by atoms with Crippen LogP contribution in [0.4, 0.5) is 0 Å². The number of hydrogen-bond donors (Lipinski definition) is 1. The van der Waals surface area contributed by atoms with Gasteiger partial charge in [-0.15, -0.1) is 0 Å². The summed E-state index contributed by atoms with van der Waals surface area (Å²) in [5, 5.41) is 2.61. The van der Waals surface area contributed by atoms with Crippen LogP contribution < -0.4 is 5.32 Å². The Morgan fingerprint density at radius 1 is 1.30 bits per heavy atom. The number of alkyl halides is 3. The molecule has 0 spiro atoms. The molecule has 7 nitrogen and oxygen atoms in total. The van der Waals surface area contributed by atoms with Crippen LogP contribution in [0.2, 0.25) is 0 Å². The molecule has 0 radical (unpaired) electrons. The van der Waals surface area contributed by atoms with E-state index < -0.39 is 45.3 Å². The van der Waals surface area contributed by atoms with E-state index in [0.29, 0.717) is 12.7 Å². The van der Waals surface area contributed by atoms with Gasteiger partial charge in [0.15, 0.2) is 6.29 Å². The number of methoxy groups -OCH3 is 2. The van der Waals surface area contributed by atoms with Gasteiger partial charge in [-0.05, 0) is 18.9 Å². The number of fused-ring (bicyclic) bond motifs is 1. The van der Waals surface area contributed by atoms with E-state index >= 15 is 0 Å². The Kier molecular flexibility index (Phi) is 7.04. The molecule has 1 aliphatic heterocycles. The largest absolute Gasteiger partial charge is 0.368 e. The smallest absolute Gasteiger partial charge is 0.273 e. The number of carbonyl (C=O) groups excluding carboxylic acids is 2. The van der Waals surface area contributed by atoms with Crippen LogP contribution in [0.3, 0.4) is 0 Å². The Labute approximate surface area is 190 Å². The SMILES string of the molecule is COC(OC)C1CC2(C)OC2C(OCc2ccccc2)C1(C=O)NC(=O)C(Cl)(Cl)Cl. The second-order valence-corrected chi connectivity index (χ2v) is 10.0. The van der Waals surface area contributed by atoms with Crippen molar-refractivity contribution < 1.29 is 28.5 Å². The standard InChI is InChI=1S/C20H24Cl3NO6/c1-18-9-13(16(27-2)28-3)19(11-25,24-17(26)20(21,22)23)15(14(18)30-18)29-10-12-7-5-4-6-8-12/h4-8,11,13-16H,9-10H2,1-3H3,(H,24,26). The van der Waals surface area contributed by atoms with Gasteiger partial charge in [0.25, 0.3) is 9.70 Å². The van der Waals surface area contributed by atoms with Crippen molar-refractivity contribution in [3.8, 4) is 0 Å². The molecule has 2 fully saturated rings. The highest BCUT2D eigenvalue weighted by Gasteiger charge is 2.72. The van der Waals surface area contributed by atoms with Crippen molar-refractivity contribution in [2.24, 2.45) is 5.92 Å². The highest BCUT2D eigenvalue weighted by Crippen LogP contribution is 2.55. The molecule has 1 heterocycles. The number of rotatable bonds is 8. The third kappa shape index (κ3) is 4.48. The van der Waals surface area contributed by atoms with E-state index in [0.717, 1.165) is 5.56 Å². The highest BCUT2D eigenvalue weighted by atomic mass is 35.6. The van der Waals surface area contributed by atoms with Gasteiger partial charge in [-0.3, -0.25) is 4.79 Å². The van der Waals surface area contributed by atoms with E-state index in [1.165, 1.54) is 14.2 Å². The number of carbonyl (C=O) groups is 2. The summed E-state index contributed by atoms with van der Waals surface area (Å²) in [4.78, 5) is 25.2. The maximum Gasteiger partial charge on any atom is 0.273 e. The molecular weight excluding hydrogens is 457 g/mol. The Bertz CT molecular complexity index is 772. The van der Waals surface area contributed by atoms with Gasteiger partial charge < -0.3 is 29.1 Å². The minimum atomic E-state index is -2.27. The number of amides is 1. The van der Waals surface area contributed by atoms with Crippen molar-refractivity contribution in [2.75, 3.05) is 14.2 Å². The van der Waals surface area contributed by atoms with Gasteiger partial charge >= 0.3 is 0 Å². The van der Waals surface area contributed by atoms with Crippen LogP contribution in [0.5, 0.6) is 0 Å². The first kappa shape index (κ1) is 23.7. The van der Waals surface area contributed by atoms with Crippen molar-refractivity contribution in [3.05, 3.63) is 35.9 Å². The molecular formula is C20H24Cl3NO6. The van der Waals surface area contributed by atoms with Crippen molar-refractivity contribution >= 4 is 47.0 Å². The maximum absolute atomic E-state index is 12.6. The molecule has 1 aromatic carbocycles. The number of nitrogens with one attached hydrogen (secondary N) is 1. The summed E-state index contributed by atoms with van der Waals surface area (Å²) in [6, 6.07) is 9.43. The lowest BCUT2D eigenvalue weighted by atomic mass is 9.67. The molecule has 2 aliphatic rings. The van der Waals surface area contributed by atoms with Crippen LogP contribution in [0.25, 0.3) is 0 Å². The Balaban J connectivity index is 2.00. The zero-order chi connectivity index (χ0) is 22.2. The van der Waals surface area contributed by atoms with Crippen molar-refractivity contribution in [1.82, 2.24) is 5.32 Å². The fourth-order valence-corrected chi connectivity index (χ4v) is 4.36. The van der Waals surface area contributed by atoms with Gasteiger partial charge in [0.1, 0.15) is 24.0 Å². The summed E-state index contributed by atoms with van der Waals surface area (Å²) in [7, 11) is 2.89. The minimum Gasteiger partial charge on any atom is -0.368 e. The molecule has 166 valence electrons. The van der Waals surface area contributed by atoms with E-state index in [9.17, 15) is 9.59 Å². The second-order valence-electron chi connectivity index (χ2n) is 7.72. The first-order valence-corrected chi connectivity index (χ1v) is 10.5. The molecule has 1 saturated carbocycles. The fraction of sp³-hybridized carbons (Fsp3) is 0.600. The average Bonchev–Trinajstić information content (AvgIpc) is 3.39. The lowest BCUT2D eigenvalue weighted by Crippen LogP contribution is -2.71. The number of halogens is 3. The maximum atomic E-state index is 12.6. The summed E-state index contributed by atoms with van der Waals surface area (Å²) in [5.74, 6) is -1.61. The van der Waals surface area contributed by atoms with Crippen LogP contribution in [-0.2, 0) is 35.1 Å². The van der Waals surface area contributed by atoms with Crippen LogP contribution in [-0.4, -0.2) is 59.8 Å². The molecule has 5 atom stereocenters. The minimum absolute atomic E-state index is 0.192. The van der Waals surface area contributed by atoms with Crippen molar-refractivity contribution in [2.45, 2.75) is 53.4 Å². The molecule has 1 N–H and O–H groups in total. The summed E-state index contributed by atoms with van der Waals surface area (Å²) in [5.41, 5.74) is -1.27. The first-order chi connectivity index (χ1) is 14.1. The molecule has 1 aliphatic carbocycles. The predicted octanol–water partition coefficient (Wildman–Crippen LogP) is 2.79. The van der Waals surface area contributed by atoms with E-state index in [1.807, 2.05) is 37.3 Å². The number of hydrogen-bond acceptors (Lipinski definition) is 6. The number of aldehydes is 1. The molecule has 1 saturated heterocycles. The van der Waals surface area contributed by atoms with E-state index in [-0.39, 0.29) is 6.61 Å². The molecule has 3 rings (SSSR count). The van der Waals surface area contributed by atoms with Crippen LogP contribution in [0, 0.1) is 5.92 Å². The molecule has 0 aromatic heterocycles. The molecule has 5 unspecified atom stereocenters. The number of benzene rings is 1. The Morgan fingerprint density at radius 2 is 1.93 bits per heavy atom. The second kappa shape index (κ2) is 8.90. The third-order valence-electron chi connectivity index (χ3n) is 5.77. The van der Waals surface area contributed by atoms with E-state index in [2.05, 4.69) is 5.32 Å². The predicted molar refractivity (Wildman–Crippen MR) is 111 cm³/mol. The Morgan fingerprint density at radius 3 is 2.47 bits per heavy atom. The highest BCUT2D eigenvalue weighted by molar-refractivity contribution is 6.76. The van der Waals surface area contributed by atoms with Gasteiger partial charge in [-0.25, -0.2) is 0 Å². The zero-order valence-electron chi connectivity index (χ0n) is 16.8. The van der Waals surface area contributed by atoms with Gasteiger partial charge in [0.2, 0.25) is 0 Å². The van der Waals surface area contributed by atoms with Crippen LogP contribution in [0.15, 0.2) is 30.3 Å². The number of ether oxygens (including phenoxy) is 4. The molecule has 0 bridgehead atoms. The van der Waals surface area contributed by atoms with E-state index in [4.69, 9.17) is 53.8 Å². The normalized spacial score (nSPS) is 33.1. The summed E-state index contributed by atoms with van der Waals surface area (Å²) in [6.07, 6.45) is -1.16. The van der Waals surface area contributed by atoms with Crippen molar-refractivity contribution in [1.29, 1.82) is 0 Å². The topological polar surface area (TPSA) is 86.4 Å². The quantitative estimate of drug-likeness (QED) is 0.266.